The number of carbonyl (C=O) groups is 2. The Labute approximate surface area is 244 Å². The number of aromatic nitrogens is 1. The molecule has 0 saturated carbocycles. The molecule has 1 fully saturated rings. The van der Waals surface area contributed by atoms with Gasteiger partial charge in [0.1, 0.15) is 0 Å². The molecule has 4 rings (SSSR count). The summed E-state index contributed by atoms with van der Waals surface area (Å²) in [5.74, 6) is -2.51. The fourth-order valence-corrected chi connectivity index (χ4v) is 4.79. The lowest BCUT2D eigenvalue weighted by Crippen LogP contribution is -2.45. The van der Waals surface area contributed by atoms with Crippen molar-refractivity contribution in [1.82, 2.24) is 14.8 Å². The quantitative estimate of drug-likeness (QED) is 0.344. The van der Waals surface area contributed by atoms with Crippen molar-refractivity contribution in [2.45, 2.75) is 60.0 Å². The van der Waals surface area contributed by atoms with Crippen molar-refractivity contribution in [3.05, 3.63) is 100 Å². The molecule has 0 amide bonds. The number of piperazine rings is 1. The second-order valence-corrected chi connectivity index (χ2v) is 11.8. The molecule has 0 radical (unpaired) electrons. The van der Waals surface area contributed by atoms with Crippen LogP contribution < -0.4 is 0 Å². The highest BCUT2D eigenvalue weighted by Gasteiger charge is 2.18. The van der Waals surface area contributed by atoms with Crippen molar-refractivity contribution >= 4 is 11.9 Å². The number of carboxylic acid groups (broad SMARTS) is 2. The third kappa shape index (κ3) is 9.95. The number of hydrogen-bond acceptors (Lipinski definition) is 5. The second-order valence-electron chi connectivity index (χ2n) is 11.8. The minimum atomic E-state index is -1.26. The summed E-state index contributed by atoms with van der Waals surface area (Å²) in [4.78, 5) is 28.9. The summed E-state index contributed by atoms with van der Waals surface area (Å²) in [6.07, 6.45) is 3.08. The van der Waals surface area contributed by atoms with Crippen molar-refractivity contribution in [2.75, 3.05) is 26.2 Å². The molecule has 1 aliphatic rings. The molecule has 0 unspecified atom stereocenters. The molecule has 0 spiro atoms. The summed E-state index contributed by atoms with van der Waals surface area (Å²) in [5.41, 5.74) is 10.7. The molecule has 2 N–H and O–H groups in total. The standard InChI is InChI=1S/C30H39N3.C4H4O4/c1-22-17-27(18-23(2)24(22)3)29-19-26(11-12-31-29)21-33-15-13-32(14-16-33)20-25-7-9-28(10-8-25)30(4,5)6;5-3(6)1-2-4(7)8/h7-12,17-19H,13-16,20-21H2,1-6H3;1-2H,(H,5,6)(H,7,8)/b;2-1-. The van der Waals surface area contributed by atoms with E-state index < -0.39 is 11.9 Å². The zero-order valence-electron chi connectivity index (χ0n) is 25.1. The molecular weight excluding hydrogens is 514 g/mol. The maximum absolute atomic E-state index is 9.55. The number of benzene rings is 2. The second kappa shape index (κ2) is 14.2. The molecule has 1 aromatic heterocycles. The average Bonchev–Trinajstić information content (AvgIpc) is 2.92. The van der Waals surface area contributed by atoms with Gasteiger partial charge in [-0.25, -0.2) is 9.59 Å². The van der Waals surface area contributed by atoms with Gasteiger partial charge in [-0.3, -0.25) is 14.8 Å². The number of rotatable bonds is 7. The van der Waals surface area contributed by atoms with Gasteiger partial charge >= 0.3 is 11.9 Å². The van der Waals surface area contributed by atoms with Crippen LogP contribution in [0.4, 0.5) is 0 Å². The number of carboxylic acids is 2. The van der Waals surface area contributed by atoms with Crippen molar-refractivity contribution in [2.24, 2.45) is 0 Å². The van der Waals surface area contributed by atoms with Crippen LogP contribution in [0, 0.1) is 20.8 Å². The van der Waals surface area contributed by atoms with Crippen LogP contribution >= 0.6 is 0 Å². The van der Waals surface area contributed by atoms with Crippen molar-refractivity contribution < 1.29 is 19.8 Å². The van der Waals surface area contributed by atoms with Crippen LogP contribution in [-0.2, 0) is 28.1 Å². The Balaban J connectivity index is 0.000000507. The number of aliphatic carboxylic acids is 2. The van der Waals surface area contributed by atoms with Gasteiger partial charge in [-0.2, -0.15) is 0 Å². The van der Waals surface area contributed by atoms with Crippen LogP contribution in [0.2, 0.25) is 0 Å². The zero-order chi connectivity index (χ0) is 30.2. The summed E-state index contributed by atoms with van der Waals surface area (Å²) in [5, 5.41) is 15.6. The van der Waals surface area contributed by atoms with Crippen LogP contribution in [0.5, 0.6) is 0 Å². The number of aryl methyl sites for hydroxylation is 2. The maximum atomic E-state index is 9.55. The van der Waals surface area contributed by atoms with Gasteiger partial charge < -0.3 is 10.2 Å². The Morgan fingerprint density at radius 3 is 1.73 bits per heavy atom. The van der Waals surface area contributed by atoms with Crippen molar-refractivity contribution in [1.29, 1.82) is 0 Å². The molecule has 1 saturated heterocycles. The predicted octanol–water partition coefficient (Wildman–Crippen LogP) is 6.00. The van der Waals surface area contributed by atoms with E-state index in [9.17, 15) is 9.59 Å². The first-order valence-corrected chi connectivity index (χ1v) is 14.0. The Morgan fingerprint density at radius 2 is 1.27 bits per heavy atom. The molecule has 1 aliphatic heterocycles. The highest BCUT2D eigenvalue weighted by molar-refractivity contribution is 5.89. The number of hydrogen-bond donors (Lipinski definition) is 2. The highest BCUT2D eigenvalue weighted by Crippen LogP contribution is 2.25. The molecule has 2 heterocycles. The van der Waals surface area contributed by atoms with E-state index >= 15 is 0 Å². The SMILES string of the molecule is Cc1cc(-c2cc(CN3CCN(Cc4ccc(C(C)(C)C)cc4)CC3)ccn2)cc(C)c1C.O=C(O)/C=C\C(=O)O. The first kappa shape index (κ1) is 31.7. The minimum Gasteiger partial charge on any atom is -0.478 e. The lowest BCUT2D eigenvalue weighted by Gasteiger charge is -2.35. The molecular formula is C34H43N3O4. The van der Waals surface area contributed by atoms with Gasteiger partial charge in [0.25, 0.3) is 0 Å². The lowest BCUT2D eigenvalue weighted by molar-refractivity contribution is -0.134. The van der Waals surface area contributed by atoms with Crippen molar-refractivity contribution in [3.8, 4) is 11.3 Å². The molecule has 7 heteroatoms. The van der Waals surface area contributed by atoms with E-state index in [1.54, 1.807) is 0 Å². The van der Waals surface area contributed by atoms with Crippen LogP contribution in [0.25, 0.3) is 11.3 Å². The average molecular weight is 558 g/mol. The normalized spacial score (nSPS) is 14.5. The Bertz CT molecular complexity index is 1330. The fraction of sp³-hybridized carbons (Fsp3) is 0.382. The molecule has 41 heavy (non-hydrogen) atoms. The maximum Gasteiger partial charge on any atom is 0.328 e. The monoisotopic (exact) mass is 557 g/mol. The first-order valence-electron chi connectivity index (χ1n) is 14.0. The number of pyridine rings is 1. The number of nitrogens with zero attached hydrogens (tertiary/aromatic N) is 3. The predicted molar refractivity (Wildman–Crippen MR) is 164 cm³/mol. The largest absolute Gasteiger partial charge is 0.478 e. The third-order valence-corrected chi connectivity index (χ3v) is 7.51. The van der Waals surface area contributed by atoms with E-state index in [-0.39, 0.29) is 5.41 Å². The van der Waals surface area contributed by atoms with Gasteiger partial charge in [0.15, 0.2) is 0 Å². The minimum absolute atomic E-state index is 0.216. The van der Waals surface area contributed by atoms with E-state index in [4.69, 9.17) is 10.2 Å². The van der Waals surface area contributed by atoms with Crippen LogP contribution in [0.1, 0.15) is 54.2 Å². The Hall–Kier alpha value is -3.81. The summed E-state index contributed by atoms with van der Waals surface area (Å²) in [7, 11) is 0. The van der Waals surface area contributed by atoms with Crippen LogP contribution in [-0.4, -0.2) is 63.1 Å². The van der Waals surface area contributed by atoms with Crippen molar-refractivity contribution in [3.63, 3.8) is 0 Å². The van der Waals surface area contributed by atoms with Gasteiger partial charge in [0.2, 0.25) is 0 Å². The lowest BCUT2D eigenvalue weighted by atomic mass is 9.87. The van der Waals surface area contributed by atoms with Gasteiger partial charge in [-0.1, -0.05) is 45.0 Å². The fourth-order valence-electron chi connectivity index (χ4n) is 4.79. The Morgan fingerprint density at radius 1 is 0.780 bits per heavy atom. The van der Waals surface area contributed by atoms with Crippen LogP contribution in [0.3, 0.4) is 0 Å². The van der Waals surface area contributed by atoms with E-state index in [1.807, 2.05) is 6.20 Å². The summed E-state index contributed by atoms with van der Waals surface area (Å²) >= 11 is 0. The molecule has 3 aromatic rings. The zero-order valence-corrected chi connectivity index (χ0v) is 25.1. The smallest absolute Gasteiger partial charge is 0.328 e. The Kier molecular flexibility index (Phi) is 11.0. The van der Waals surface area contributed by atoms with Gasteiger partial charge in [-0.05, 0) is 83.8 Å². The first-order chi connectivity index (χ1) is 19.3. The summed E-state index contributed by atoms with van der Waals surface area (Å²) in [6, 6.07) is 18.2. The van der Waals surface area contributed by atoms with Gasteiger partial charge in [-0.15, -0.1) is 0 Å². The molecule has 0 aliphatic carbocycles. The van der Waals surface area contributed by atoms with E-state index in [2.05, 4.69) is 105 Å². The molecule has 218 valence electrons. The van der Waals surface area contributed by atoms with E-state index in [0.29, 0.717) is 12.2 Å². The van der Waals surface area contributed by atoms with Gasteiger partial charge in [0.05, 0.1) is 5.69 Å². The summed E-state index contributed by atoms with van der Waals surface area (Å²) in [6.45, 7) is 19.9. The van der Waals surface area contributed by atoms with E-state index in [0.717, 1.165) is 45.0 Å². The third-order valence-electron chi connectivity index (χ3n) is 7.51. The molecule has 2 aromatic carbocycles. The van der Waals surface area contributed by atoms with E-state index in [1.165, 1.54) is 38.9 Å². The van der Waals surface area contributed by atoms with Gasteiger partial charge in [0, 0.05) is 63.2 Å². The molecule has 7 nitrogen and oxygen atoms in total. The topological polar surface area (TPSA) is 94.0 Å². The molecule has 0 atom stereocenters. The molecule has 0 bridgehead atoms. The summed E-state index contributed by atoms with van der Waals surface area (Å²) < 4.78 is 0. The highest BCUT2D eigenvalue weighted by atomic mass is 16.4. The van der Waals surface area contributed by atoms with Crippen LogP contribution in [0.15, 0.2) is 66.9 Å².